The van der Waals surface area contributed by atoms with Crippen molar-refractivity contribution in [2.75, 3.05) is 20.1 Å². The van der Waals surface area contributed by atoms with E-state index in [1.807, 2.05) is 19.9 Å². The van der Waals surface area contributed by atoms with Crippen molar-refractivity contribution >= 4 is 29.9 Å². The van der Waals surface area contributed by atoms with E-state index in [1.54, 1.807) is 7.05 Å². The SMILES string of the molecule is CN=C(NCCCc1ccccc1)NCCc1nc(C(C)C)no1.I. The third-order valence-electron chi connectivity index (χ3n) is 3.63. The highest BCUT2D eigenvalue weighted by atomic mass is 127. The molecule has 0 radical (unpaired) electrons. The van der Waals surface area contributed by atoms with Gasteiger partial charge in [0.2, 0.25) is 5.89 Å². The molecule has 2 rings (SSSR count). The highest BCUT2D eigenvalue weighted by Gasteiger charge is 2.09. The highest BCUT2D eigenvalue weighted by molar-refractivity contribution is 14.0. The lowest BCUT2D eigenvalue weighted by molar-refractivity contribution is 0.371. The molecule has 0 fully saturated rings. The first-order valence-corrected chi connectivity index (χ1v) is 8.50. The molecule has 138 valence electrons. The van der Waals surface area contributed by atoms with Crippen LogP contribution in [0.3, 0.4) is 0 Å². The Labute approximate surface area is 166 Å². The summed E-state index contributed by atoms with van der Waals surface area (Å²) in [6, 6.07) is 10.5. The van der Waals surface area contributed by atoms with Crippen LogP contribution in [-0.2, 0) is 12.8 Å². The van der Waals surface area contributed by atoms with E-state index in [0.29, 0.717) is 18.9 Å². The molecule has 0 aliphatic carbocycles. The number of aliphatic imine (C=N–C) groups is 1. The predicted molar refractivity (Wildman–Crippen MR) is 112 cm³/mol. The van der Waals surface area contributed by atoms with Gasteiger partial charge in [-0.1, -0.05) is 49.3 Å². The van der Waals surface area contributed by atoms with Gasteiger partial charge in [0.15, 0.2) is 11.8 Å². The Morgan fingerprint density at radius 2 is 1.84 bits per heavy atom. The highest BCUT2D eigenvalue weighted by Crippen LogP contribution is 2.09. The second kappa shape index (κ2) is 11.8. The molecule has 0 unspecified atom stereocenters. The fourth-order valence-electron chi connectivity index (χ4n) is 2.26. The average molecular weight is 457 g/mol. The molecular weight excluding hydrogens is 429 g/mol. The first-order valence-electron chi connectivity index (χ1n) is 8.50. The number of rotatable bonds is 8. The van der Waals surface area contributed by atoms with Crippen molar-refractivity contribution < 1.29 is 4.52 Å². The van der Waals surface area contributed by atoms with E-state index in [9.17, 15) is 0 Å². The molecule has 2 N–H and O–H groups in total. The largest absolute Gasteiger partial charge is 0.356 e. The molecule has 2 aromatic rings. The summed E-state index contributed by atoms with van der Waals surface area (Å²) in [7, 11) is 1.77. The zero-order valence-electron chi connectivity index (χ0n) is 15.2. The molecule has 0 spiro atoms. The topological polar surface area (TPSA) is 75.3 Å². The van der Waals surface area contributed by atoms with Gasteiger partial charge in [-0.2, -0.15) is 4.98 Å². The van der Waals surface area contributed by atoms with Crippen molar-refractivity contribution in [2.24, 2.45) is 4.99 Å². The first kappa shape index (κ1) is 21.4. The number of hydrogen-bond donors (Lipinski definition) is 2. The summed E-state index contributed by atoms with van der Waals surface area (Å²) in [5, 5.41) is 10.6. The Kier molecular flexibility index (Phi) is 10.1. The van der Waals surface area contributed by atoms with Crippen LogP contribution in [0.15, 0.2) is 39.8 Å². The summed E-state index contributed by atoms with van der Waals surface area (Å²) in [6.45, 7) is 5.69. The summed E-state index contributed by atoms with van der Waals surface area (Å²) >= 11 is 0. The summed E-state index contributed by atoms with van der Waals surface area (Å²) < 4.78 is 5.23. The van der Waals surface area contributed by atoms with E-state index < -0.39 is 0 Å². The molecule has 1 aromatic carbocycles. The molecule has 7 heteroatoms. The lowest BCUT2D eigenvalue weighted by Gasteiger charge is -2.11. The molecule has 0 amide bonds. The van der Waals surface area contributed by atoms with Gasteiger partial charge in [0.05, 0.1) is 0 Å². The third-order valence-corrected chi connectivity index (χ3v) is 3.63. The zero-order chi connectivity index (χ0) is 17.2. The molecule has 0 saturated carbocycles. The first-order chi connectivity index (χ1) is 11.7. The number of hydrogen-bond acceptors (Lipinski definition) is 4. The lowest BCUT2D eigenvalue weighted by Crippen LogP contribution is -2.38. The van der Waals surface area contributed by atoms with E-state index in [2.05, 4.69) is 50.0 Å². The second-order valence-electron chi connectivity index (χ2n) is 5.97. The van der Waals surface area contributed by atoms with Gasteiger partial charge in [-0.3, -0.25) is 4.99 Å². The van der Waals surface area contributed by atoms with Crippen LogP contribution in [0.1, 0.15) is 43.5 Å². The third kappa shape index (κ3) is 7.85. The Balaban J connectivity index is 0.00000312. The minimum absolute atomic E-state index is 0. The van der Waals surface area contributed by atoms with E-state index in [0.717, 1.165) is 31.2 Å². The van der Waals surface area contributed by atoms with Crippen LogP contribution in [0.25, 0.3) is 0 Å². The monoisotopic (exact) mass is 457 g/mol. The van der Waals surface area contributed by atoms with Gasteiger partial charge < -0.3 is 15.2 Å². The maximum absolute atomic E-state index is 5.23. The number of aromatic nitrogens is 2. The minimum Gasteiger partial charge on any atom is -0.356 e. The van der Waals surface area contributed by atoms with Gasteiger partial charge in [0, 0.05) is 32.5 Å². The van der Waals surface area contributed by atoms with Gasteiger partial charge in [-0.05, 0) is 18.4 Å². The van der Waals surface area contributed by atoms with Gasteiger partial charge in [-0.15, -0.1) is 24.0 Å². The molecule has 25 heavy (non-hydrogen) atoms. The standard InChI is InChI=1S/C18H27N5O.HI/c1-14(2)17-22-16(24-23-17)11-13-21-18(19-3)20-12-7-10-15-8-5-4-6-9-15;/h4-6,8-9,14H,7,10-13H2,1-3H3,(H2,19,20,21);1H. The number of benzene rings is 1. The summed E-state index contributed by atoms with van der Waals surface area (Å²) in [4.78, 5) is 8.59. The number of nitrogens with zero attached hydrogens (tertiary/aromatic N) is 3. The minimum atomic E-state index is 0. The molecule has 0 bridgehead atoms. The van der Waals surface area contributed by atoms with Crippen LogP contribution in [0.5, 0.6) is 0 Å². The van der Waals surface area contributed by atoms with Crippen LogP contribution in [0.2, 0.25) is 0 Å². The van der Waals surface area contributed by atoms with Gasteiger partial charge in [-0.25, -0.2) is 0 Å². The van der Waals surface area contributed by atoms with Crippen LogP contribution < -0.4 is 10.6 Å². The molecule has 0 atom stereocenters. The van der Waals surface area contributed by atoms with Crippen molar-refractivity contribution in [3.8, 4) is 0 Å². The summed E-state index contributed by atoms with van der Waals surface area (Å²) in [6.07, 6.45) is 2.81. The second-order valence-corrected chi connectivity index (χ2v) is 5.97. The Bertz CT molecular complexity index is 627. The van der Waals surface area contributed by atoms with Crippen LogP contribution >= 0.6 is 24.0 Å². The molecule has 0 aliphatic heterocycles. The molecule has 1 aromatic heterocycles. The van der Waals surface area contributed by atoms with Crippen LogP contribution in [0.4, 0.5) is 0 Å². The Hall–Kier alpha value is -1.64. The van der Waals surface area contributed by atoms with E-state index in [4.69, 9.17) is 4.52 Å². The van der Waals surface area contributed by atoms with E-state index in [1.165, 1.54) is 5.56 Å². The Morgan fingerprint density at radius 1 is 1.12 bits per heavy atom. The summed E-state index contributed by atoms with van der Waals surface area (Å²) in [5.74, 6) is 2.50. The summed E-state index contributed by atoms with van der Waals surface area (Å²) in [5.41, 5.74) is 1.36. The van der Waals surface area contributed by atoms with Gasteiger partial charge in [0.25, 0.3) is 0 Å². The average Bonchev–Trinajstić information content (AvgIpc) is 3.07. The lowest BCUT2D eigenvalue weighted by atomic mass is 10.1. The molecule has 6 nitrogen and oxygen atoms in total. The molecular formula is C18H28IN5O. The maximum atomic E-state index is 5.23. The van der Waals surface area contributed by atoms with Crippen LogP contribution in [0, 0.1) is 0 Å². The quantitative estimate of drug-likeness (QED) is 0.276. The normalized spacial score (nSPS) is 11.3. The predicted octanol–water partition coefficient (Wildman–Crippen LogP) is 3.15. The Morgan fingerprint density at radius 3 is 2.48 bits per heavy atom. The van der Waals surface area contributed by atoms with E-state index in [-0.39, 0.29) is 29.9 Å². The number of aryl methyl sites for hydroxylation is 1. The van der Waals surface area contributed by atoms with Crippen molar-refractivity contribution in [3.63, 3.8) is 0 Å². The smallest absolute Gasteiger partial charge is 0.228 e. The van der Waals surface area contributed by atoms with Crippen molar-refractivity contribution in [1.29, 1.82) is 0 Å². The van der Waals surface area contributed by atoms with Gasteiger partial charge in [0.1, 0.15) is 0 Å². The number of guanidine groups is 1. The van der Waals surface area contributed by atoms with Gasteiger partial charge >= 0.3 is 0 Å². The number of nitrogens with one attached hydrogen (secondary N) is 2. The van der Waals surface area contributed by atoms with Crippen LogP contribution in [-0.4, -0.2) is 36.2 Å². The fraction of sp³-hybridized carbons (Fsp3) is 0.500. The van der Waals surface area contributed by atoms with E-state index >= 15 is 0 Å². The van der Waals surface area contributed by atoms with Crippen molar-refractivity contribution in [1.82, 2.24) is 20.8 Å². The number of halogens is 1. The molecule has 1 heterocycles. The van der Waals surface area contributed by atoms with Crippen molar-refractivity contribution in [2.45, 2.75) is 39.0 Å². The fourth-order valence-corrected chi connectivity index (χ4v) is 2.26. The maximum Gasteiger partial charge on any atom is 0.228 e. The van der Waals surface area contributed by atoms with Crippen molar-refractivity contribution in [3.05, 3.63) is 47.6 Å². The molecule has 0 aliphatic rings. The zero-order valence-corrected chi connectivity index (χ0v) is 17.5. The molecule has 0 saturated heterocycles.